The molecule has 0 fully saturated rings. The zero-order chi connectivity index (χ0) is 24.5. The summed E-state index contributed by atoms with van der Waals surface area (Å²) in [6.45, 7) is 34.4. The van der Waals surface area contributed by atoms with Gasteiger partial charge in [-0.05, 0) is 117 Å². The second-order valence-electron chi connectivity index (χ2n) is 8.12. The van der Waals surface area contributed by atoms with Crippen molar-refractivity contribution in [3.05, 3.63) is 82.5 Å². The lowest BCUT2D eigenvalue weighted by atomic mass is 9.81. The van der Waals surface area contributed by atoms with E-state index in [1.54, 1.807) is 0 Å². The third-order valence-electron chi connectivity index (χ3n) is 6.03. The lowest BCUT2D eigenvalue weighted by molar-refractivity contribution is 1.02. The number of hydrogen-bond donors (Lipinski definition) is 0. The summed E-state index contributed by atoms with van der Waals surface area (Å²) in [5.41, 5.74) is 16.5. The van der Waals surface area contributed by atoms with E-state index < -0.39 is 0 Å². The van der Waals surface area contributed by atoms with Crippen LogP contribution in [0, 0.1) is 20.8 Å². The molecule has 0 amide bonds. The number of aryl methyl sites for hydroxylation is 2. The van der Waals surface area contributed by atoms with E-state index in [0.29, 0.717) is 0 Å². The second kappa shape index (κ2) is 13.2. The molecule has 0 aliphatic rings. The van der Waals surface area contributed by atoms with Crippen LogP contribution < -0.4 is 0 Å². The lowest BCUT2D eigenvalue weighted by Crippen LogP contribution is -2.05. The first-order valence-electron chi connectivity index (χ1n) is 11.7. The van der Waals surface area contributed by atoms with Gasteiger partial charge >= 0.3 is 0 Å². The van der Waals surface area contributed by atoms with Gasteiger partial charge in [0.05, 0.1) is 0 Å². The minimum atomic E-state index is 1.04. The molecule has 0 unspecified atom stereocenters. The van der Waals surface area contributed by atoms with Crippen molar-refractivity contribution in [2.45, 2.75) is 89.0 Å². The fraction of sp³-hybridized carbons (Fsp3) is 0.419. The molecular weight excluding hydrogens is 372 g/mol. The van der Waals surface area contributed by atoms with E-state index in [9.17, 15) is 0 Å². The fourth-order valence-corrected chi connectivity index (χ4v) is 4.33. The van der Waals surface area contributed by atoms with Crippen LogP contribution in [0.4, 0.5) is 0 Å². The Morgan fingerprint density at radius 2 is 1.26 bits per heavy atom. The van der Waals surface area contributed by atoms with Crippen molar-refractivity contribution in [2.24, 2.45) is 0 Å². The number of rotatable bonds is 5. The summed E-state index contributed by atoms with van der Waals surface area (Å²) in [5.74, 6) is 0. The molecular formula is C31H46. The van der Waals surface area contributed by atoms with Crippen molar-refractivity contribution < 1.29 is 0 Å². The van der Waals surface area contributed by atoms with Crippen molar-refractivity contribution in [1.82, 2.24) is 0 Å². The monoisotopic (exact) mass is 418 g/mol. The van der Waals surface area contributed by atoms with Crippen LogP contribution in [0.5, 0.6) is 0 Å². The van der Waals surface area contributed by atoms with Crippen LogP contribution in [0.1, 0.15) is 94.3 Å². The Kier molecular flexibility index (Phi) is 12.2. The minimum absolute atomic E-state index is 1.04. The first-order chi connectivity index (χ1) is 14.6. The summed E-state index contributed by atoms with van der Waals surface area (Å²) in [4.78, 5) is 0. The second-order valence-corrected chi connectivity index (χ2v) is 8.12. The van der Waals surface area contributed by atoms with Crippen LogP contribution in [0.3, 0.4) is 0 Å². The fourth-order valence-electron chi connectivity index (χ4n) is 4.33. The van der Waals surface area contributed by atoms with Gasteiger partial charge in [-0.1, -0.05) is 63.6 Å². The molecule has 2 aromatic carbocycles. The van der Waals surface area contributed by atoms with Crippen molar-refractivity contribution >= 4 is 11.1 Å². The van der Waals surface area contributed by atoms with E-state index in [1.807, 2.05) is 13.8 Å². The van der Waals surface area contributed by atoms with Crippen LogP contribution in [0.25, 0.3) is 22.3 Å². The molecule has 0 aromatic heterocycles. The summed E-state index contributed by atoms with van der Waals surface area (Å²) in [6, 6.07) is 7.01. The first kappa shape index (κ1) is 28.7. The van der Waals surface area contributed by atoms with Crippen LogP contribution in [0.2, 0.25) is 0 Å². The van der Waals surface area contributed by atoms with Gasteiger partial charge in [0.2, 0.25) is 0 Å². The topological polar surface area (TPSA) is 0 Å². The molecule has 0 atom stereocenters. The summed E-state index contributed by atoms with van der Waals surface area (Å²) < 4.78 is 0. The van der Waals surface area contributed by atoms with Gasteiger partial charge in [0.1, 0.15) is 0 Å². The van der Waals surface area contributed by atoms with Crippen molar-refractivity contribution in [1.29, 1.82) is 0 Å². The molecule has 0 heterocycles. The quantitative estimate of drug-likeness (QED) is 0.424. The van der Waals surface area contributed by atoms with Gasteiger partial charge in [0.25, 0.3) is 0 Å². The highest BCUT2D eigenvalue weighted by molar-refractivity contribution is 5.87. The Labute approximate surface area is 193 Å². The summed E-state index contributed by atoms with van der Waals surface area (Å²) in [5, 5.41) is 0. The predicted octanol–water partition coefficient (Wildman–Crippen LogP) is 10.1. The van der Waals surface area contributed by atoms with E-state index in [4.69, 9.17) is 0 Å². The molecule has 0 aliphatic heterocycles. The maximum atomic E-state index is 4.26. The van der Waals surface area contributed by atoms with Gasteiger partial charge in [-0.2, -0.15) is 0 Å². The predicted molar refractivity (Wildman–Crippen MR) is 146 cm³/mol. The third-order valence-corrected chi connectivity index (χ3v) is 6.03. The average molecular weight is 419 g/mol. The smallest absolute Gasteiger partial charge is 0.0103 e. The number of hydrogen-bond acceptors (Lipinski definition) is 0. The largest absolute Gasteiger partial charge is 0.106 e. The van der Waals surface area contributed by atoms with E-state index >= 15 is 0 Å². The average Bonchev–Trinajstić information content (AvgIpc) is 2.76. The van der Waals surface area contributed by atoms with Crippen LogP contribution in [-0.4, -0.2) is 0 Å². The number of benzene rings is 2. The standard InChI is InChI=1S/C27H36.C2H6.C2H4/c1-11-22-23(12-2)26(17(5)6)19(8)15-25(22)24-14-13-18(7)21(10)27(24)20(9)16(3)4;2*1-2/h13-15H,5,11-12H2,1-4,6-10H3;1-2H3;1-2H2. The summed E-state index contributed by atoms with van der Waals surface area (Å²) >= 11 is 0. The summed E-state index contributed by atoms with van der Waals surface area (Å²) in [7, 11) is 0. The number of allylic oxidation sites excluding steroid dienone is 3. The molecule has 0 saturated heterocycles. The van der Waals surface area contributed by atoms with Crippen LogP contribution in [-0.2, 0) is 12.8 Å². The van der Waals surface area contributed by atoms with Gasteiger partial charge in [0.15, 0.2) is 0 Å². The normalized spacial score (nSPS) is 9.77. The molecule has 0 spiro atoms. The van der Waals surface area contributed by atoms with Gasteiger partial charge in [0, 0.05) is 0 Å². The molecule has 2 aromatic rings. The molecule has 0 radical (unpaired) electrons. The summed E-state index contributed by atoms with van der Waals surface area (Å²) in [6.07, 6.45) is 2.08. The maximum Gasteiger partial charge on any atom is -0.0103 e. The van der Waals surface area contributed by atoms with Crippen LogP contribution in [0.15, 0.2) is 43.5 Å². The van der Waals surface area contributed by atoms with Crippen molar-refractivity contribution in [3.8, 4) is 11.1 Å². The first-order valence-corrected chi connectivity index (χ1v) is 11.7. The van der Waals surface area contributed by atoms with Crippen molar-refractivity contribution in [2.75, 3.05) is 0 Å². The van der Waals surface area contributed by atoms with E-state index in [1.165, 1.54) is 66.8 Å². The van der Waals surface area contributed by atoms with Crippen molar-refractivity contribution in [3.63, 3.8) is 0 Å². The zero-order valence-electron chi connectivity index (χ0n) is 22.3. The van der Waals surface area contributed by atoms with E-state index in [0.717, 1.165) is 12.8 Å². The Balaban J connectivity index is 0.00000212. The van der Waals surface area contributed by atoms with Gasteiger partial charge in [-0.15, -0.1) is 13.2 Å². The SMILES string of the molecule is C=C.C=C(C)c1c(C)cc(-c2ccc(C)c(C)c2C(C)=C(C)C)c(CC)c1CC.CC. The third kappa shape index (κ3) is 6.10. The molecule has 0 nitrogen and oxygen atoms in total. The Hall–Kier alpha value is -2.34. The zero-order valence-corrected chi connectivity index (χ0v) is 22.3. The Morgan fingerprint density at radius 1 is 0.742 bits per heavy atom. The molecule has 0 saturated carbocycles. The molecule has 2 rings (SSSR count). The molecule has 0 heteroatoms. The van der Waals surface area contributed by atoms with Gasteiger partial charge in [-0.25, -0.2) is 0 Å². The highest BCUT2D eigenvalue weighted by Gasteiger charge is 2.19. The molecule has 31 heavy (non-hydrogen) atoms. The van der Waals surface area contributed by atoms with E-state index in [2.05, 4.69) is 100 Å². The molecule has 170 valence electrons. The highest BCUT2D eigenvalue weighted by atomic mass is 14.2. The highest BCUT2D eigenvalue weighted by Crippen LogP contribution is 2.40. The minimum Gasteiger partial charge on any atom is -0.106 e. The van der Waals surface area contributed by atoms with E-state index in [-0.39, 0.29) is 0 Å². The Bertz CT molecular complexity index is 931. The molecule has 0 aliphatic carbocycles. The Morgan fingerprint density at radius 3 is 1.68 bits per heavy atom. The molecule has 0 bridgehead atoms. The lowest BCUT2D eigenvalue weighted by Gasteiger charge is -2.24. The van der Waals surface area contributed by atoms with Crippen LogP contribution >= 0.6 is 0 Å². The molecule has 0 N–H and O–H groups in total. The maximum absolute atomic E-state index is 4.26. The van der Waals surface area contributed by atoms with Gasteiger partial charge in [-0.3, -0.25) is 0 Å². The van der Waals surface area contributed by atoms with Gasteiger partial charge < -0.3 is 0 Å².